The van der Waals surface area contributed by atoms with Gasteiger partial charge in [-0.15, -0.1) is 0 Å². The molecule has 2 aromatic carbocycles. The van der Waals surface area contributed by atoms with E-state index >= 15 is 0 Å². The Hall–Kier alpha value is -3.59. The number of nitriles is 1. The molecule has 0 aliphatic heterocycles. The standard InChI is InChI=1S/C20H17N3O3/c1-2-23-17-9-4-3-8-16(17)18(11-20(23)25)26-13-19(24)22-15-7-5-6-14(10-15)12-21/h3-11H,2,13H2,1H3,(H,22,24). The van der Waals surface area contributed by atoms with Crippen molar-refractivity contribution in [3.63, 3.8) is 0 Å². The predicted octanol–water partition coefficient (Wildman–Crippen LogP) is 2.91. The zero-order valence-electron chi connectivity index (χ0n) is 14.2. The highest BCUT2D eigenvalue weighted by molar-refractivity contribution is 5.92. The van der Waals surface area contributed by atoms with Crippen molar-refractivity contribution in [1.29, 1.82) is 5.26 Å². The van der Waals surface area contributed by atoms with Gasteiger partial charge in [-0.1, -0.05) is 18.2 Å². The first kappa shape index (κ1) is 17.2. The number of amides is 1. The normalized spacial score (nSPS) is 10.3. The number of hydrogen-bond acceptors (Lipinski definition) is 4. The number of carbonyl (C=O) groups excluding carboxylic acids is 1. The Kier molecular flexibility index (Phi) is 4.99. The molecule has 1 aromatic heterocycles. The van der Waals surface area contributed by atoms with Crippen molar-refractivity contribution in [3.05, 3.63) is 70.5 Å². The van der Waals surface area contributed by atoms with Gasteiger partial charge in [0.05, 0.1) is 17.1 Å². The van der Waals surface area contributed by atoms with E-state index in [0.29, 0.717) is 23.5 Å². The van der Waals surface area contributed by atoms with Crippen LogP contribution in [0, 0.1) is 11.3 Å². The number of benzene rings is 2. The molecule has 0 saturated carbocycles. The average Bonchev–Trinajstić information content (AvgIpc) is 2.66. The summed E-state index contributed by atoms with van der Waals surface area (Å²) < 4.78 is 7.25. The highest BCUT2D eigenvalue weighted by atomic mass is 16.5. The van der Waals surface area contributed by atoms with Crippen LogP contribution in [0.5, 0.6) is 5.75 Å². The number of fused-ring (bicyclic) bond motifs is 1. The monoisotopic (exact) mass is 347 g/mol. The van der Waals surface area contributed by atoms with Gasteiger partial charge in [-0.3, -0.25) is 9.59 Å². The summed E-state index contributed by atoms with van der Waals surface area (Å²) in [5.74, 6) is 0.0000616. The molecule has 26 heavy (non-hydrogen) atoms. The lowest BCUT2D eigenvalue weighted by Crippen LogP contribution is -2.23. The molecule has 0 atom stereocenters. The summed E-state index contributed by atoms with van der Waals surface area (Å²) in [4.78, 5) is 24.4. The van der Waals surface area contributed by atoms with E-state index < -0.39 is 0 Å². The number of anilines is 1. The summed E-state index contributed by atoms with van der Waals surface area (Å²) in [7, 11) is 0. The molecule has 0 radical (unpaired) electrons. The number of aryl methyl sites for hydroxylation is 1. The fourth-order valence-electron chi connectivity index (χ4n) is 2.76. The highest BCUT2D eigenvalue weighted by Crippen LogP contribution is 2.23. The van der Waals surface area contributed by atoms with Crippen LogP contribution >= 0.6 is 0 Å². The van der Waals surface area contributed by atoms with Crippen LogP contribution in [0.1, 0.15) is 12.5 Å². The molecule has 0 unspecified atom stereocenters. The second-order valence-electron chi connectivity index (χ2n) is 5.64. The largest absolute Gasteiger partial charge is 0.483 e. The molecule has 3 rings (SSSR count). The highest BCUT2D eigenvalue weighted by Gasteiger charge is 2.11. The second-order valence-corrected chi connectivity index (χ2v) is 5.64. The van der Waals surface area contributed by atoms with Gasteiger partial charge in [-0.25, -0.2) is 0 Å². The maximum Gasteiger partial charge on any atom is 0.262 e. The molecule has 0 spiro atoms. The Bertz CT molecular complexity index is 1060. The lowest BCUT2D eigenvalue weighted by Gasteiger charge is -2.13. The minimum atomic E-state index is -0.371. The van der Waals surface area contributed by atoms with E-state index in [9.17, 15) is 9.59 Å². The summed E-state index contributed by atoms with van der Waals surface area (Å²) in [5, 5.41) is 12.3. The fraction of sp³-hybridized carbons (Fsp3) is 0.150. The Morgan fingerprint density at radius 2 is 2.00 bits per heavy atom. The van der Waals surface area contributed by atoms with Crippen molar-refractivity contribution in [2.75, 3.05) is 11.9 Å². The van der Waals surface area contributed by atoms with Crippen LogP contribution in [0.25, 0.3) is 10.9 Å². The van der Waals surface area contributed by atoms with Gasteiger partial charge in [0, 0.05) is 23.7 Å². The topological polar surface area (TPSA) is 84.1 Å². The first-order valence-electron chi connectivity index (χ1n) is 8.17. The van der Waals surface area contributed by atoms with Crippen LogP contribution in [0.2, 0.25) is 0 Å². The summed E-state index contributed by atoms with van der Waals surface area (Å²) >= 11 is 0. The molecular weight excluding hydrogens is 330 g/mol. The van der Waals surface area contributed by atoms with Gasteiger partial charge in [0.2, 0.25) is 0 Å². The Balaban J connectivity index is 1.78. The van der Waals surface area contributed by atoms with E-state index in [2.05, 4.69) is 5.32 Å². The van der Waals surface area contributed by atoms with E-state index in [1.807, 2.05) is 37.3 Å². The first-order valence-corrected chi connectivity index (χ1v) is 8.17. The van der Waals surface area contributed by atoms with Gasteiger partial charge in [0.25, 0.3) is 11.5 Å². The molecule has 0 fully saturated rings. The first-order chi connectivity index (χ1) is 12.6. The van der Waals surface area contributed by atoms with Gasteiger partial charge in [0.1, 0.15) is 5.75 Å². The molecule has 0 saturated heterocycles. The van der Waals surface area contributed by atoms with Crippen LogP contribution in [0.15, 0.2) is 59.4 Å². The van der Waals surface area contributed by atoms with E-state index in [1.165, 1.54) is 6.07 Å². The molecule has 6 nitrogen and oxygen atoms in total. The SMILES string of the molecule is CCn1c(=O)cc(OCC(=O)Nc2cccc(C#N)c2)c2ccccc21. The smallest absolute Gasteiger partial charge is 0.262 e. The number of pyridine rings is 1. The molecule has 0 aliphatic carbocycles. The van der Waals surface area contributed by atoms with E-state index in [1.54, 1.807) is 28.8 Å². The molecule has 0 bridgehead atoms. The maximum atomic E-state index is 12.2. The molecule has 1 amide bonds. The van der Waals surface area contributed by atoms with Gasteiger partial charge in [-0.2, -0.15) is 5.26 Å². The zero-order valence-corrected chi connectivity index (χ0v) is 14.2. The predicted molar refractivity (Wildman–Crippen MR) is 99.2 cm³/mol. The van der Waals surface area contributed by atoms with Crippen LogP contribution < -0.4 is 15.6 Å². The van der Waals surface area contributed by atoms with E-state index in [0.717, 1.165) is 10.9 Å². The molecule has 3 aromatic rings. The summed E-state index contributed by atoms with van der Waals surface area (Å²) in [5.41, 5.74) is 1.56. The van der Waals surface area contributed by atoms with Crippen LogP contribution in [-0.4, -0.2) is 17.1 Å². The summed E-state index contributed by atoms with van der Waals surface area (Å²) in [6, 6.07) is 17.4. The lowest BCUT2D eigenvalue weighted by molar-refractivity contribution is -0.118. The van der Waals surface area contributed by atoms with Gasteiger partial charge in [0.15, 0.2) is 6.61 Å². The second kappa shape index (κ2) is 7.53. The molecule has 1 heterocycles. The van der Waals surface area contributed by atoms with Crippen molar-refractivity contribution >= 4 is 22.5 Å². The Morgan fingerprint density at radius 1 is 1.19 bits per heavy atom. The van der Waals surface area contributed by atoms with Crippen LogP contribution in [0.3, 0.4) is 0 Å². The summed E-state index contributed by atoms with van der Waals surface area (Å²) in [6.07, 6.45) is 0. The zero-order chi connectivity index (χ0) is 18.5. The number of para-hydroxylation sites is 1. The van der Waals surface area contributed by atoms with Crippen molar-refractivity contribution in [2.24, 2.45) is 0 Å². The number of aromatic nitrogens is 1. The molecule has 0 aliphatic rings. The number of nitrogens with one attached hydrogen (secondary N) is 1. The minimum Gasteiger partial charge on any atom is -0.483 e. The van der Waals surface area contributed by atoms with E-state index in [4.69, 9.17) is 10.00 Å². The third kappa shape index (κ3) is 3.57. The van der Waals surface area contributed by atoms with Crippen LogP contribution in [-0.2, 0) is 11.3 Å². The summed E-state index contributed by atoms with van der Waals surface area (Å²) in [6.45, 7) is 2.21. The Labute approximate surface area is 150 Å². The molecular formula is C20H17N3O3. The van der Waals surface area contributed by atoms with E-state index in [-0.39, 0.29) is 18.1 Å². The number of nitrogens with zero attached hydrogens (tertiary/aromatic N) is 2. The fourth-order valence-corrected chi connectivity index (χ4v) is 2.76. The van der Waals surface area contributed by atoms with Crippen molar-refractivity contribution < 1.29 is 9.53 Å². The minimum absolute atomic E-state index is 0.177. The number of hydrogen-bond donors (Lipinski definition) is 1. The molecule has 130 valence electrons. The van der Waals surface area contributed by atoms with Crippen LogP contribution in [0.4, 0.5) is 5.69 Å². The lowest BCUT2D eigenvalue weighted by atomic mass is 10.2. The molecule has 6 heteroatoms. The van der Waals surface area contributed by atoms with Crippen molar-refractivity contribution in [1.82, 2.24) is 4.57 Å². The van der Waals surface area contributed by atoms with Gasteiger partial charge in [-0.05, 0) is 37.3 Å². The average molecular weight is 347 g/mol. The number of rotatable bonds is 5. The Morgan fingerprint density at radius 3 is 2.77 bits per heavy atom. The third-order valence-electron chi connectivity index (χ3n) is 3.93. The number of carbonyl (C=O) groups is 1. The van der Waals surface area contributed by atoms with Crippen molar-refractivity contribution in [3.8, 4) is 11.8 Å². The van der Waals surface area contributed by atoms with Gasteiger partial charge >= 0.3 is 0 Å². The van der Waals surface area contributed by atoms with Gasteiger partial charge < -0.3 is 14.6 Å². The third-order valence-corrected chi connectivity index (χ3v) is 3.93. The quantitative estimate of drug-likeness (QED) is 0.769. The number of ether oxygens (including phenoxy) is 1. The molecule has 1 N–H and O–H groups in total. The van der Waals surface area contributed by atoms with Crippen molar-refractivity contribution in [2.45, 2.75) is 13.5 Å². The maximum absolute atomic E-state index is 12.2.